The fourth-order valence-electron chi connectivity index (χ4n) is 6.03. The number of aromatic nitrogens is 1. The van der Waals surface area contributed by atoms with Crippen molar-refractivity contribution in [3.63, 3.8) is 0 Å². The summed E-state index contributed by atoms with van der Waals surface area (Å²) in [5, 5.41) is 1.91. The second-order valence-electron chi connectivity index (χ2n) is 11.1. The van der Waals surface area contributed by atoms with Gasteiger partial charge in [0, 0.05) is 29.8 Å². The van der Waals surface area contributed by atoms with E-state index in [4.69, 9.17) is 23.9 Å². The zero-order valence-corrected chi connectivity index (χ0v) is 27.6. The van der Waals surface area contributed by atoms with Crippen molar-refractivity contribution in [3.05, 3.63) is 127 Å². The van der Waals surface area contributed by atoms with Crippen LogP contribution in [0.3, 0.4) is 0 Å². The fraction of sp³-hybridized carbons (Fsp3) is 0.146. The van der Waals surface area contributed by atoms with Crippen molar-refractivity contribution in [1.29, 1.82) is 0 Å². The van der Waals surface area contributed by atoms with Gasteiger partial charge in [0.2, 0.25) is 0 Å². The van der Waals surface area contributed by atoms with E-state index in [2.05, 4.69) is 83.4 Å². The second-order valence-corrected chi connectivity index (χ2v) is 11.1. The Morgan fingerprint density at radius 3 is 1.68 bits per heavy atom. The number of methoxy groups -OCH3 is 4. The molecule has 0 aliphatic carbocycles. The SMILES string of the molecule is C/C=C\N=c1c2cc(OC)c(OC)cc2cc(-c2cc(OC)c(OC)c(-c3cc(-c4ccccc4)cc(-c4ccccc4)c3)c2)n1C. The van der Waals surface area contributed by atoms with Gasteiger partial charge >= 0.3 is 0 Å². The average Bonchev–Trinajstić information content (AvgIpc) is 3.13. The van der Waals surface area contributed by atoms with Gasteiger partial charge in [0.15, 0.2) is 23.0 Å². The van der Waals surface area contributed by atoms with Gasteiger partial charge in [0.05, 0.1) is 34.1 Å². The normalized spacial score (nSPS) is 11.7. The number of pyridine rings is 1. The van der Waals surface area contributed by atoms with Gasteiger partial charge in [-0.15, -0.1) is 0 Å². The molecule has 0 unspecified atom stereocenters. The summed E-state index contributed by atoms with van der Waals surface area (Å²) in [6, 6.07) is 37.8. The predicted molar refractivity (Wildman–Crippen MR) is 191 cm³/mol. The lowest BCUT2D eigenvalue weighted by molar-refractivity contribution is 0.356. The molecule has 0 aliphatic heterocycles. The zero-order chi connectivity index (χ0) is 32.9. The summed E-state index contributed by atoms with van der Waals surface area (Å²) >= 11 is 0. The molecule has 0 amide bonds. The molecule has 0 fully saturated rings. The largest absolute Gasteiger partial charge is 0.493 e. The molecular formula is C41H38N2O4. The first-order valence-corrected chi connectivity index (χ1v) is 15.4. The quantitative estimate of drug-likeness (QED) is 0.161. The monoisotopic (exact) mass is 622 g/mol. The third-order valence-corrected chi connectivity index (χ3v) is 8.35. The highest BCUT2D eigenvalue weighted by molar-refractivity contribution is 5.91. The fourth-order valence-corrected chi connectivity index (χ4v) is 6.03. The van der Waals surface area contributed by atoms with Gasteiger partial charge in [-0.25, -0.2) is 4.99 Å². The molecule has 0 spiro atoms. The third-order valence-electron chi connectivity index (χ3n) is 8.35. The minimum atomic E-state index is 0.630. The maximum Gasteiger partial charge on any atom is 0.168 e. The van der Waals surface area contributed by atoms with Crippen LogP contribution in [-0.4, -0.2) is 33.0 Å². The Kier molecular flexibility index (Phi) is 9.11. The van der Waals surface area contributed by atoms with Crippen LogP contribution in [-0.2, 0) is 7.05 Å². The van der Waals surface area contributed by atoms with Crippen molar-refractivity contribution in [2.24, 2.45) is 12.0 Å². The van der Waals surface area contributed by atoms with Crippen LogP contribution in [0.5, 0.6) is 23.0 Å². The summed E-state index contributed by atoms with van der Waals surface area (Å²) in [6.45, 7) is 1.95. The lowest BCUT2D eigenvalue weighted by atomic mass is 9.91. The molecule has 6 heteroatoms. The van der Waals surface area contributed by atoms with E-state index in [1.165, 1.54) is 0 Å². The Bertz CT molecular complexity index is 2090. The number of hydrogen-bond donors (Lipinski definition) is 0. The number of benzene rings is 5. The molecule has 0 bridgehead atoms. The summed E-state index contributed by atoms with van der Waals surface area (Å²) in [6.07, 6.45) is 3.72. The highest BCUT2D eigenvalue weighted by atomic mass is 16.5. The van der Waals surface area contributed by atoms with E-state index in [9.17, 15) is 0 Å². The van der Waals surface area contributed by atoms with E-state index in [0.29, 0.717) is 23.0 Å². The minimum Gasteiger partial charge on any atom is -0.493 e. The Morgan fingerprint density at radius 1 is 0.553 bits per heavy atom. The number of rotatable bonds is 9. The number of ether oxygens (including phenoxy) is 4. The Labute approximate surface area is 275 Å². The summed E-state index contributed by atoms with van der Waals surface area (Å²) in [4.78, 5) is 4.85. The van der Waals surface area contributed by atoms with Crippen molar-refractivity contribution >= 4 is 10.8 Å². The maximum atomic E-state index is 6.05. The van der Waals surface area contributed by atoms with Gasteiger partial charge in [0.25, 0.3) is 0 Å². The molecule has 0 N–H and O–H groups in total. The molecule has 1 aromatic heterocycles. The average molecular weight is 623 g/mol. The van der Waals surface area contributed by atoms with Gasteiger partial charge in [0.1, 0.15) is 5.49 Å². The van der Waals surface area contributed by atoms with Crippen molar-refractivity contribution in [2.75, 3.05) is 28.4 Å². The van der Waals surface area contributed by atoms with Gasteiger partial charge in [-0.05, 0) is 88.7 Å². The zero-order valence-electron chi connectivity index (χ0n) is 27.6. The molecule has 6 nitrogen and oxygen atoms in total. The molecule has 6 aromatic rings. The second kappa shape index (κ2) is 13.7. The Hall–Kier alpha value is -5.75. The van der Waals surface area contributed by atoms with Crippen molar-refractivity contribution < 1.29 is 18.9 Å². The van der Waals surface area contributed by atoms with Crippen LogP contribution in [0.1, 0.15) is 6.92 Å². The lowest BCUT2D eigenvalue weighted by Gasteiger charge is -2.19. The van der Waals surface area contributed by atoms with Gasteiger partial charge in [-0.2, -0.15) is 0 Å². The molecule has 5 aromatic carbocycles. The molecule has 0 radical (unpaired) electrons. The summed E-state index contributed by atoms with van der Waals surface area (Å²) in [5.41, 5.74) is 9.08. The molecule has 6 rings (SSSR count). The lowest BCUT2D eigenvalue weighted by Crippen LogP contribution is -2.20. The van der Waals surface area contributed by atoms with E-state index in [-0.39, 0.29) is 0 Å². The molecule has 0 atom stereocenters. The van der Waals surface area contributed by atoms with E-state index >= 15 is 0 Å². The van der Waals surface area contributed by atoms with Gasteiger partial charge < -0.3 is 23.5 Å². The highest BCUT2D eigenvalue weighted by Gasteiger charge is 2.19. The van der Waals surface area contributed by atoms with Crippen LogP contribution in [0.15, 0.2) is 126 Å². The van der Waals surface area contributed by atoms with E-state index in [1.807, 2.05) is 50.4 Å². The summed E-state index contributed by atoms with van der Waals surface area (Å²) in [5.74, 6) is 2.58. The topological polar surface area (TPSA) is 54.2 Å². The first kappa shape index (κ1) is 31.2. The standard InChI is InChI=1S/C41H38N2O4/c1-7-18-42-41-35-26-38(45-4)37(44-3)24-32(35)23-36(43(41)2)33-22-34(40(47-6)39(25-33)46-5)31-20-29(27-14-10-8-11-15-27)19-30(21-31)28-16-12-9-13-17-28/h7-26H,1-6H3/b18-7-,42-41?. The van der Waals surface area contributed by atoms with E-state index in [0.717, 1.165) is 60.9 Å². The predicted octanol–water partition coefficient (Wildman–Crippen LogP) is 9.31. The summed E-state index contributed by atoms with van der Waals surface area (Å²) in [7, 11) is 8.66. The maximum absolute atomic E-state index is 6.05. The van der Waals surface area contributed by atoms with Crippen LogP contribution in [0.25, 0.3) is 55.4 Å². The van der Waals surface area contributed by atoms with Crippen LogP contribution in [0, 0.1) is 0 Å². The number of fused-ring (bicyclic) bond motifs is 1. The van der Waals surface area contributed by atoms with Crippen LogP contribution in [0.2, 0.25) is 0 Å². The first-order valence-electron chi connectivity index (χ1n) is 15.4. The van der Waals surface area contributed by atoms with Crippen molar-refractivity contribution in [1.82, 2.24) is 4.57 Å². The number of allylic oxidation sites excluding steroid dienone is 1. The molecule has 47 heavy (non-hydrogen) atoms. The van der Waals surface area contributed by atoms with E-state index < -0.39 is 0 Å². The molecule has 0 saturated carbocycles. The van der Waals surface area contributed by atoms with Gasteiger partial charge in [-0.1, -0.05) is 66.7 Å². The molecule has 0 saturated heterocycles. The number of hydrogen-bond acceptors (Lipinski definition) is 5. The summed E-state index contributed by atoms with van der Waals surface area (Å²) < 4.78 is 25.4. The van der Waals surface area contributed by atoms with Crippen molar-refractivity contribution in [3.8, 4) is 67.6 Å². The van der Waals surface area contributed by atoms with Crippen molar-refractivity contribution in [2.45, 2.75) is 6.92 Å². The molecule has 0 aliphatic rings. The smallest absolute Gasteiger partial charge is 0.168 e. The Balaban J connectivity index is 1.65. The number of nitrogens with zero attached hydrogens (tertiary/aromatic N) is 2. The van der Waals surface area contributed by atoms with Crippen LogP contribution < -0.4 is 24.4 Å². The highest BCUT2D eigenvalue weighted by Crippen LogP contribution is 2.44. The van der Waals surface area contributed by atoms with Gasteiger partial charge in [-0.3, -0.25) is 0 Å². The first-order chi connectivity index (χ1) is 23.0. The minimum absolute atomic E-state index is 0.630. The van der Waals surface area contributed by atoms with Crippen LogP contribution >= 0.6 is 0 Å². The molecule has 236 valence electrons. The van der Waals surface area contributed by atoms with Crippen LogP contribution in [0.4, 0.5) is 0 Å². The third kappa shape index (κ3) is 6.10. The van der Waals surface area contributed by atoms with E-state index in [1.54, 1.807) is 34.6 Å². The molecular weight excluding hydrogens is 584 g/mol. The Morgan fingerprint density at radius 2 is 1.13 bits per heavy atom. The molecule has 1 heterocycles.